The standard InChI is InChI=1S/C12H22O4.Ca.2H/c1-4-5-6-7-8-12(9(2)3,10(13)14)11(15)16;;;/h9H,4-8H2,1-3H3,(H,13,14)(H,15,16);;;. The SMILES string of the molecule is CCCCCCC(C(=O)O)(C(=O)O)C(C)C.[CaH2]. The first-order valence-electron chi connectivity index (χ1n) is 5.86. The second-order valence-corrected chi connectivity index (χ2v) is 4.55. The summed E-state index contributed by atoms with van der Waals surface area (Å²) in [7, 11) is 0. The van der Waals surface area contributed by atoms with Crippen LogP contribution in [0.3, 0.4) is 0 Å². The summed E-state index contributed by atoms with van der Waals surface area (Å²) in [5.41, 5.74) is -1.62. The quantitative estimate of drug-likeness (QED) is 0.402. The average molecular weight is 272 g/mol. The van der Waals surface area contributed by atoms with E-state index in [0.717, 1.165) is 19.3 Å². The van der Waals surface area contributed by atoms with Crippen LogP contribution in [-0.4, -0.2) is 59.9 Å². The van der Waals surface area contributed by atoms with E-state index in [9.17, 15) is 9.59 Å². The van der Waals surface area contributed by atoms with Gasteiger partial charge in [-0.3, -0.25) is 9.59 Å². The first-order valence-corrected chi connectivity index (χ1v) is 5.86. The van der Waals surface area contributed by atoms with Crippen molar-refractivity contribution in [2.75, 3.05) is 0 Å². The van der Waals surface area contributed by atoms with E-state index in [0.29, 0.717) is 6.42 Å². The number of unbranched alkanes of at least 4 members (excludes halogenated alkanes) is 3. The minimum absolute atomic E-state index is 0. The molecule has 0 aliphatic carbocycles. The summed E-state index contributed by atoms with van der Waals surface area (Å²) < 4.78 is 0. The van der Waals surface area contributed by atoms with E-state index in [-0.39, 0.29) is 44.2 Å². The van der Waals surface area contributed by atoms with Crippen LogP contribution in [0.4, 0.5) is 0 Å². The van der Waals surface area contributed by atoms with E-state index in [1.807, 2.05) is 0 Å². The van der Waals surface area contributed by atoms with Crippen LogP contribution in [0.1, 0.15) is 52.9 Å². The van der Waals surface area contributed by atoms with Gasteiger partial charge in [0, 0.05) is 0 Å². The minimum atomic E-state index is -1.62. The van der Waals surface area contributed by atoms with Crippen molar-refractivity contribution < 1.29 is 19.8 Å². The third-order valence-corrected chi connectivity index (χ3v) is 3.17. The van der Waals surface area contributed by atoms with E-state index >= 15 is 0 Å². The van der Waals surface area contributed by atoms with Gasteiger partial charge in [0.15, 0.2) is 5.41 Å². The fourth-order valence-corrected chi connectivity index (χ4v) is 1.92. The molecule has 0 aromatic carbocycles. The molecular weight excluding hydrogens is 248 g/mol. The molecule has 0 fully saturated rings. The molecule has 0 aromatic heterocycles. The molecule has 98 valence electrons. The molecular formula is C12H24CaO4. The Labute approximate surface area is 133 Å². The van der Waals surface area contributed by atoms with Gasteiger partial charge < -0.3 is 10.2 Å². The molecule has 0 heterocycles. The van der Waals surface area contributed by atoms with Gasteiger partial charge >= 0.3 is 49.7 Å². The van der Waals surface area contributed by atoms with Crippen LogP contribution in [0.2, 0.25) is 0 Å². The topological polar surface area (TPSA) is 74.6 Å². The Morgan fingerprint density at radius 1 is 1.06 bits per heavy atom. The Morgan fingerprint density at radius 3 is 1.82 bits per heavy atom. The van der Waals surface area contributed by atoms with Crippen molar-refractivity contribution in [2.24, 2.45) is 11.3 Å². The molecule has 0 aliphatic rings. The van der Waals surface area contributed by atoms with Crippen LogP contribution in [0, 0.1) is 11.3 Å². The Morgan fingerprint density at radius 2 is 1.53 bits per heavy atom. The number of carboxylic acid groups (broad SMARTS) is 2. The molecule has 17 heavy (non-hydrogen) atoms. The van der Waals surface area contributed by atoms with Gasteiger partial charge in [0.05, 0.1) is 0 Å². The van der Waals surface area contributed by atoms with Gasteiger partial charge in [0.1, 0.15) is 0 Å². The van der Waals surface area contributed by atoms with E-state index in [2.05, 4.69) is 6.92 Å². The van der Waals surface area contributed by atoms with Gasteiger partial charge in [0.2, 0.25) is 0 Å². The zero-order valence-corrected chi connectivity index (χ0v) is 10.3. The molecule has 4 nitrogen and oxygen atoms in total. The van der Waals surface area contributed by atoms with Crippen molar-refractivity contribution in [3.8, 4) is 0 Å². The molecule has 0 saturated heterocycles. The first-order chi connectivity index (χ1) is 7.39. The molecule has 0 radical (unpaired) electrons. The van der Waals surface area contributed by atoms with Gasteiger partial charge in [-0.25, -0.2) is 0 Å². The van der Waals surface area contributed by atoms with Crippen LogP contribution in [0.15, 0.2) is 0 Å². The Hall–Kier alpha value is 0.200. The predicted octanol–water partition coefficient (Wildman–Crippen LogP) is 1.85. The maximum absolute atomic E-state index is 11.2. The van der Waals surface area contributed by atoms with Crippen molar-refractivity contribution in [3.05, 3.63) is 0 Å². The van der Waals surface area contributed by atoms with E-state index in [4.69, 9.17) is 10.2 Å². The molecule has 0 bridgehead atoms. The monoisotopic (exact) mass is 272 g/mol. The molecule has 0 rings (SSSR count). The zero-order chi connectivity index (χ0) is 12.8. The van der Waals surface area contributed by atoms with Crippen molar-refractivity contribution in [1.82, 2.24) is 0 Å². The Kier molecular flexibility index (Phi) is 10.5. The number of hydrogen-bond donors (Lipinski definition) is 2. The number of hydrogen-bond acceptors (Lipinski definition) is 2. The number of carbonyl (C=O) groups is 2. The third-order valence-electron chi connectivity index (χ3n) is 3.17. The summed E-state index contributed by atoms with van der Waals surface area (Å²) in [6.45, 7) is 5.37. The summed E-state index contributed by atoms with van der Waals surface area (Å²) in [6.07, 6.45) is 3.84. The molecule has 0 amide bonds. The molecule has 0 aliphatic heterocycles. The van der Waals surface area contributed by atoms with Crippen molar-refractivity contribution in [2.45, 2.75) is 52.9 Å². The molecule has 0 saturated carbocycles. The number of aliphatic carboxylic acids is 2. The molecule has 0 atom stereocenters. The Bertz CT molecular complexity index is 237. The van der Waals surface area contributed by atoms with Crippen LogP contribution in [-0.2, 0) is 9.59 Å². The van der Waals surface area contributed by atoms with Gasteiger partial charge in [-0.15, -0.1) is 0 Å². The summed E-state index contributed by atoms with van der Waals surface area (Å²) in [5, 5.41) is 18.3. The fraction of sp³-hybridized carbons (Fsp3) is 0.833. The molecule has 2 N–H and O–H groups in total. The molecule has 0 unspecified atom stereocenters. The van der Waals surface area contributed by atoms with Crippen LogP contribution < -0.4 is 0 Å². The third kappa shape index (κ3) is 5.14. The summed E-state index contributed by atoms with van der Waals surface area (Å²) >= 11 is 0. The summed E-state index contributed by atoms with van der Waals surface area (Å²) in [5.74, 6) is -2.83. The van der Waals surface area contributed by atoms with Crippen molar-refractivity contribution in [1.29, 1.82) is 0 Å². The Balaban J connectivity index is 0. The van der Waals surface area contributed by atoms with Gasteiger partial charge in [0.25, 0.3) is 0 Å². The normalized spacial score (nSPS) is 11.1. The van der Waals surface area contributed by atoms with Crippen LogP contribution in [0.25, 0.3) is 0 Å². The van der Waals surface area contributed by atoms with E-state index < -0.39 is 23.3 Å². The average Bonchev–Trinajstić information content (AvgIpc) is 2.16. The number of carboxylic acids is 2. The predicted molar refractivity (Wildman–Crippen MR) is 69.8 cm³/mol. The van der Waals surface area contributed by atoms with E-state index in [1.54, 1.807) is 13.8 Å². The van der Waals surface area contributed by atoms with Crippen molar-refractivity contribution >= 4 is 49.7 Å². The van der Waals surface area contributed by atoms with Gasteiger partial charge in [-0.2, -0.15) is 0 Å². The molecule has 0 aromatic rings. The first kappa shape index (κ1) is 19.5. The molecule has 5 heteroatoms. The van der Waals surface area contributed by atoms with E-state index in [1.165, 1.54) is 0 Å². The summed E-state index contributed by atoms with van der Waals surface area (Å²) in [4.78, 5) is 22.4. The van der Waals surface area contributed by atoms with Crippen LogP contribution in [0.5, 0.6) is 0 Å². The fourth-order valence-electron chi connectivity index (χ4n) is 1.92. The maximum atomic E-state index is 11.2. The van der Waals surface area contributed by atoms with Gasteiger partial charge in [-0.1, -0.05) is 46.5 Å². The second-order valence-electron chi connectivity index (χ2n) is 4.55. The second kappa shape index (κ2) is 9.17. The van der Waals surface area contributed by atoms with Crippen molar-refractivity contribution in [3.63, 3.8) is 0 Å². The van der Waals surface area contributed by atoms with Gasteiger partial charge in [-0.05, 0) is 12.3 Å². The zero-order valence-electron chi connectivity index (χ0n) is 10.3. The van der Waals surface area contributed by atoms with Crippen LogP contribution >= 0.6 is 0 Å². The summed E-state index contributed by atoms with van der Waals surface area (Å²) in [6, 6.07) is 0. The molecule has 0 spiro atoms. The number of rotatable bonds is 8.